The van der Waals surface area contributed by atoms with Gasteiger partial charge in [0.15, 0.2) is 0 Å². The Kier molecular flexibility index (Phi) is 108. The first-order valence-electron chi connectivity index (χ1n) is 0.144. The van der Waals surface area contributed by atoms with Crippen molar-refractivity contribution in [3.63, 3.8) is 0 Å². The van der Waals surface area contributed by atoms with Gasteiger partial charge in [-0.15, -0.1) is 0 Å². The molecule has 0 spiro atoms. The van der Waals surface area contributed by atoms with Gasteiger partial charge in [0.05, 0.1) is 0 Å². The Morgan fingerprint density at radius 3 is 1.25 bits per heavy atom. The van der Waals surface area contributed by atoms with E-state index in [0.29, 0.717) is 0 Å². The number of hydrogen-bond donors (Lipinski definition) is 0. The summed E-state index contributed by atoms with van der Waals surface area (Å²) in [5.41, 5.74) is 0. The molecule has 0 aromatic carbocycles. The van der Waals surface area contributed by atoms with Crippen LogP contribution in [0.3, 0.4) is 0 Å². The Morgan fingerprint density at radius 1 is 1.25 bits per heavy atom. The van der Waals surface area contributed by atoms with Gasteiger partial charge in [-0.05, 0) is 0 Å². The van der Waals surface area contributed by atoms with Crippen LogP contribution in [-0.2, 0) is 19.8 Å². The molecule has 0 aromatic heterocycles. The Morgan fingerprint density at radius 2 is 1.25 bits per heavy atom. The Labute approximate surface area is 60.2 Å². The fourth-order valence-corrected chi connectivity index (χ4v) is 0. The fraction of sp³-hybridized carbons (Fsp3) is 0. The molecule has 0 fully saturated rings. The van der Waals surface area contributed by atoms with Crippen LogP contribution in [0.15, 0.2) is 0 Å². The van der Waals surface area contributed by atoms with Crippen molar-refractivity contribution in [2.24, 2.45) is 0 Å². The van der Waals surface area contributed by atoms with E-state index in [-0.39, 0.29) is 40.6 Å². The summed E-state index contributed by atoms with van der Waals surface area (Å²) in [6.45, 7) is 0. The molecule has 4 heavy (non-hydrogen) atoms. The van der Waals surface area contributed by atoms with Crippen molar-refractivity contribution >= 4 is 0 Å². The molecule has 0 amide bonds. The maximum atomic E-state index is 8.00. The van der Waals surface area contributed by atoms with Gasteiger partial charge in [0, 0.05) is 0 Å². The zero-order valence-electron chi connectivity index (χ0n) is 4.76. The van der Waals surface area contributed by atoms with E-state index in [1.54, 1.807) is 0 Å². The van der Waals surface area contributed by atoms with Crippen molar-refractivity contribution in [1.82, 2.24) is 0 Å². The fourth-order valence-electron chi connectivity index (χ4n) is 0. The predicted molar refractivity (Wildman–Crippen MR) is 2.91 cm³/mol. The standard InChI is InChI=1S/Fe.2Li.O.2H/q;2*+1;;2*-1. The van der Waals surface area contributed by atoms with Gasteiger partial charge < -0.3 is 2.85 Å². The van der Waals surface area contributed by atoms with Gasteiger partial charge in [-0.2, -0.15) is 0 Å². The summed E-state index contributed by atoms with van der Waals surface area (Å²) in [6, 6.07) is 0. The number of hydrogen-bond acceptors (Lipinski definition) is 1. The zero-order chi connectivity index (χ0) is 2.00. The van der Waals surface area contributed by atoms with E-state index in [0.717, 1.165) is 0 Å². The molecule has 0 atom stereocenters. The van der Waals surface area contributed by atoms with Crippen LogP contribution in [0.4, 0.5) is 0 Å². The summed E-state index contributed by atoms with van der Waals surface area (Å²) in [5.74, 6) is 0. The normalized spacial score (nSPS) is 1.25. The maximum absolute atomic E-state index is 8.00. The van der Waals surface area contributed by atoms with Gasteiger partial charge in [-0.25, -0.2) is 0 Å². The Balaban J connectivity index is -0.000000000833. The zero-order valence-corrected chi connectivity index (χ0v) is 3.87. The second kappa shape index (κ2) is 24.3. The van der Waals surface area contributed by atoms with Crippen LogP contribution in [0.25, 0.3) is 0 Å². The summed E-state index contributed by atoms with van der Waals surface area (Å²) in [7, 11) is 0. The summed E-state index contributed by atoms with van der Waals surface area (Å²) >= 11 is 2.00. The van der Waals surface area contributed by atoms with Crippen LogP contribution < -0.4 is 37.7 Å². The SMILES string of the molecule is [H-].[H-].[Li+].[Li+].[O]=[Fe]. The summed E-state index contributed by atoms with van der Waals surface area (Å²) in [6.07, 6.45) is 0. The molecular weight excluding hydrogens is 85.7 g/mol. The molecule has 0 saturated heterocycles. The Hall–Kier alpha value is 1.51. The average Bonchev–Trinajstić information content (AvgIpc) is 1.00. The first-order chi connectivity index (χ1) is 1.00. The van der Waals surface area contributed by atoms with E-state index < -0.39 is 0 Å². The van der Waals surface area contributed by atoms with Gasteiger partial charge in [0.25, 0.3) is 0 Å². The van der Waals surface area contributed by atoms with Gasteiger partial charge in [-0.3, -0.25) is 0 Å². The van der Waals surface area contributed by atoms with Crippen molar-refractivity contribution in [1.29, 1.82) is 0 Å². The Bertz CT molecular complexity index is 11.5. The third kappa shape index (κ3) is 9.69. The third-order valence-corrected chi connectivity index (χ3v) is 0. The minimum absolute atomic E-state index is 0. The van der Waals surface area contributed by atoms with Gasteiger partial charge in [0.2, 0.25) is 0 Å². The van der Waals surface area contributed by atoms with E-state index >= 15 is 0 Å². The first kappa shape index (κ1) is 17.8. The molecule has 0 bridgehead atoms. The van der Waals surface area contributed by atoms with Crippen LogP contribution in [-0.4, -0.2) is 0 Å². The monoisotopic (exact) mass is 88.0 g/mol. The van der Waals surface area contributed by atoms with Crippen LogP contribution in [0.5, 0.6) is 0 Å². The number of rotatable bonds is 0. The molecule has 0 aromatic rings. The van der Waals surface area contributed by atoms with Crippen molar-refractivity contribution in [2.45, 2.75) is 0 Å². The van der Waals surface area contributed by atoms with Crippen molar-refractivity contribution < 1.29 is 60.4 Å². The van der Waals surface area contributed by atoms with Gasteiger partial charge in [-0.1, -0.05) is 0 Å². The molecule has 1 nitrogen and oxygen atoms in total. The molecule has 0 saturated carbocycles. The molecule has 0 rings (SSSR count). The summed E-state index contributed by atoms with van der Waals surface area (Å²) < 4.78 is 8.00. The molecule has 0 radical (unpaired) electrons. The second-order valence-electron chi connectivity index (χ2n) is 0. The van der Waals surface area contributed by atoms with Gasteiger partial charge >= 0.3 is 57.5 Å². The average molecular weight is 87.7 g/mol. The quantitative estimate of drug-likeness (QED) is 0.269. The molecule has 0 aliphatic heterocycles. The van der Waals surface area contributed by atoms with Crippen LogP contribution in [0.2, 0.25) is 0 Å². The van der Waals surface area contributed by atoms with E-state index in [2.05, 4.69) is 0 Å². The van der Waals surface area contributed by atoms with Crippen LogP contribution in [0, 0.1) is 0 Å². The van der Waals surface area contributed by atoms with Gasteiger partial charge in [0.1, 0.15) is 0 Å². The molecule has 18 valence electrons. The molecule has 0 aliphatic rings. The topological polar surface area (TPSA) is 17.1 Å². The van der Waals surface area contributed by atoms with Crippen molar-refractivity contribution in [3.05, 3.63) is 0 Å². The molecular formula is H2FeLi2O. The molecule has 0 N–H and O–H groups in total. The molecule has 0 unspecified atom stereocenters. The predicted octanol–water partition coefficient (Wildman–Crippen LogP) is -5.89. The van der Waals surface area contributed by atoms with Crippen molar-refractivity contribution in [2.75, 3.05) is 0 Å². The third-order valence-electron chi connectivity index (χ3n) is 0. The second-order valence-corrected chi connectivity index (χ2v) is 0. The van der Waals surface area contributed by atoms with E-state index in [4.69, 9.17) is 3.83 Å². The van der Waals surface area contributed by atoms with Crippen molar-refractivity contribution in [3.8, 4) is 0 Å². The molecule has 0 heterocycles. The summed E-state index contributed by atoms with van der Waals surface area (Å²) in [5, 5.41) is 0. The molecule has 4 heteroatoms. The summed E-state index contributed by atoms with van der Waals surface area (Å²) in [4.78, 5) is 0. The van der Waals surface area contributed by atoms with Crippen LogP contribution >= 0.6 is 0 Å². The van der Waals surface area contributed by atoms with E-state index in [9.17, 15) is 0 Å². The van der Waals surface area contributed by atoms with E-state index in [1.807, 2.05) is 15.9 Å². The van der Waals surface area contributed by atoms with Crippen LogP contribution in [0.1, 0.15) is 2.85 Å². The first-order valence-corrected chi connectivity index (χ1v) is 0.595. The molecule has 0 aliphatic carbocycles. The minimum atomic E-state index is 0. The van der Waals surface area contributed by atoms with E-state index in [1.165, 1.54) is 0 Å².